The quantitative estimate of drug-likeness (QED) is 0.313. The highest BCUT2D eigenvalue weighted by Gasteiger charge is 2.34. The van der Waals surface area contributed by atoms with Gasteiger partial charge in [-0.2, -0.15) is 13.2 Å². The van der Waals surface area contributed by atoms with Crippen molar-refractivity contribution in [2.45, 2.75) is 19.1 Å². The largest absolute Gasteiger partial charge is 0.439 e. The molecule has 0 bridgehead atoms. The molecule has 0 saturated carbocycles. The molecule has 2 heterocycles. The van der Waals surface area contributed by atoms with Crippen LogP contribution in [0, 0.1) is 0 Å². The fourth-order valence-electron chi connectivity index (χ4n) is 4.05. The van der Waals surface area contributed by atoms with Crippen molar-refractivity contribution in [3.8, 4) is 17.3 Å². The van der Waals surface area contributed by atoms with Gasteiger partial charge in [-0.15, -0.1) is 0 Å². The highest BCUT2D eigenvalue weighted by Crippen LogP contribution is 2.38. The zero-order valence-electron chi connectivity index (χ0n) is 18.0. The normalized spacial score (nSPS) is 12.5. The Morgan fingerprint density at radius 3 is 2.49 bits per heavy atom. The number of rotatable bonds is 4. The van der Waals surface area contributed by atoms with Crippen molar-refractivity contribution in [1.29, 1.82) is 0 Å². The Morgan fingerprint density at radius 2 is 1.74 bits per heavy atom. The topological polar surface area (TPSA) is 65.3 Å². The van der Waals surface area contributed by atoms with E-state index in [4.69, 9.17) is 4.74 Å². The van der Waals surface area contributed by atoms with Crippen molar-refractivity contribution in [3.63, 3.8) is 0 Å². The Labute approximate surface area is 205 Å². The second-order valence-electron chi connectivity index (χ2n) is 7.92. The molecule has 1 aliphatic rings. The van der Waals surface area contributed by atoms with Gasteiger partial charge < -0.3 is 10.1 Å². The van der Waals surface area contributed by atoms with Crippen LogP contribution >= 0.6 is 15.9 Å². The van der Waals surface area contributed by atoms with E-state index in [1.807, 2.05) is 6.07 Å². The van der Waals surface area contributed by atoms with E-state index in [1.165, 1.54) is 27.6 Å². The fraction of sp³-hybridized carbons (Fsp3) is 0.120. The van der Waals surface area contributed by atoms with Crippen LogP contribution in [-0.2, 0) is 23.9 Å². The molecule has 178 valence electrons. The van der Waals surface area contributed by atoms with Crippen molar-refractivity contribution in [2.75, 3.05) is 5.32 Å². The molecule has 5 rings (SSSR count). The van der Waals surface area contributed by atoms with E-state index in [0.29, 0.717) is 17.0 Å². The lowest BCUT2D eigenvalue weighted by molar-refractivity contribution is -0.137. The van der Waals surface area contributed by atoms with Gasteiger partial charge in [-0.3, -0.25) is 9.59 Å². The number of carbonyl (C=O) groups excluding carboxylic acids is 1. The first-order valence-corrected chi connectivity index (χ1v) is 11.3. The number of nitrogens with zero attached hydrogens (tertiary/aromatic N) is 2. The molecule has 1 aliphatic heterocycles. The first-order chi connectivity index (χ1) is 16.7. The Bertz CT molecular complexity index is 1490. The summed E-state index contributed by atoms with van der Waals surface area (Å²) in [6.07, 6.45) is -4.36. The van der Waals surface area contributed by atoms with Crippen LogP contribution in [0.4, 0.5) is 18.9 Å². The molecule has 0 aliphatic carbocycles. The summed E-state index contributed by atoms with van der Waals surface area (Å²) in [6, 6.07) is 18.8. The zero-order chi connectivity index (χ0) is 24.7. The average molecular weight is 544 g/mol. The van der Waals surface area contributed by atoms with E-state index in [2.05, 4.69) is 21.2 Å². The van der Waals surface area contributed by atoms with Crippen molar-refractivity contribution in [1.82, 2.24) is 9.36 Å². The Hall–Kier alpha value is -3.79. The van der Waals surface area contributed by atoms with Crippen molar-refractivity contribution in [3.05, 3.63) is 104 Å². The number of amides is 1. The van der Waals surface area contributed by atoms with E-state index >= 15 is 0 Å². The van der Waals surface area contributed by atoms with Gasteiger partial charge in [0.15, 0.2) is 0 Å². The van der Waals surface area contributed by atoms with Crippen LogP contribution in [0.2, 0.25) is 0 Å². The number of hydrogen-bond acceptors (Lipinski definition) is 3. The Kier molecular flexibility index (Phi) is 5.76. The molecule has 0 atom stereocenters. The third-order valence-corrected chi connectivity index (χ3v) is 6.07. The number of carbonyl (C=O) groups is 1. The number of alkyl halides is 3. The van der Waals surface area contributed by atoms with Gasteiger partial charge in [0.05, 0.1) is 22.5 Å². The van der Waals surface area contributed by atoms with Crippen LogP contribution in [0.3, 0.4) is 0 Å². The summed E-state index contributed by atoms with van der Waals surface area (Å²) >= 11 is 3.41. The summed E-state index contributed by atoms with van der Waals surface area (Å²) in [7, 11) is 0. The van der Waals surface area contributed by atoms with Crippen LogP contribution in [0.1, 0.15) is 16.7 Å². The van der Waals surface area contributed by atoms with Gasteiger partial charge in [-0.1, -0.05) is 46.3 Å². The molecular weight excluding hydrogens is 527 g/mol. The van der Waals surface area contributed by atoms with E-state index in [-0.39, 0.29) is 23.5 Å². The van der Waals surface area contributed by atoms with Gasteiger partial charge in [-0.05, 0) is 42.5 Å². The lowest BCUT2D eigenvalue weighted by Crippen LogP contribution is -2.28. The minimum absolute atomic E-state index is 0.174. The molecule has 1 aromatic heterocycles. The summed E-state index contributed by atoms with van der Waals surface area (Å²) in [5, 5.41) is 2.33. The number of ether oxygens (including phenoxy) is 1. The molecule has 0 unspecified atom stereocenters. The number of fused-ring (bicyclic) bond motifs is 2. The van der Waals surface area contributed by atoms with Crippen LogP contribution in [-0.4, -0.2) is 15.3 Å². The molecule has 0 spiro atoms. The van der Waals surface area contributed by atoms with Gasteiger partial charge in [-0.25, -0.2) is 9.36 Å². The molecule has 1 amide bonds. The van der Waals surface area contributed by atoms with E-state index in [9.17, 15) is 22.8 Å². The number of hydrogen-bond donors (Lipinski definition) is 1. The molecule has 1 N–H and O–H groups in total. The number of halogens is 4. The summed E-state index contributed by atoms with van der Waals surface area (Å²) in [4.78, 5) is 26.4. The van der Waals surface area contributed by atoms with Crippen LogP contribution in [0.25, 0.3) is 5.69 Å². The number of anilines is 1. The standard InChI is InChI=1S/C25H17BrF3N3O3/c26-16-10-11-21-15(12-16)13-18-23(34)32(17-6-2-1-3-7-17)31(24(18)35-21)14-22(33)30-20-9-5-4-8-19(20)25(27,28)29/h1-12H,13-14H2,(H,30,33). The van der Waals surface area contributed by atoms with Crippen molar-refractivity contribution in [2.24, 2.45) is 0 Å². The van der Waals surface area contributed by atoms with Crippen LogP contribution in [0.15, 0.2) is 82.1 Å². The van der Waals surface area contributed by atoms with Gasteiger partial charge in [0.25, 0.3) is 5.56 Å². The van der Waals surface area contributed by atoms with Crippen LogP contribution < -0.4 is 15.6 Å². The van der Waals surface area contributed by atoms with E-state index in [1.54, 1.807) is 42.5 Å². The molecular formula is C25H17BrF3N3O3. The summed E-state index contributed by atoms with van der Waals surface area (Å²) in [5.74, 6) is -0.0372. The number of nitrogens with one attached hydrogen (secondary N) is 1. The highest BCUT2D eigenvalue weighted by atomic mass is 79.9. The van der Waals surface area contributed by atoms with E-state index < -0.39 is 24.2 Å². The number of para-hydroxylation sites is 2. The fourth-order valence-corrected chi connectivity index (χ4v) is 4.46. The van der Waals surface area contributed by atoms with E-state index in [0.717, 1.165) is 16.1 Å². The molecule has 0 radical (unpaired) electrons. The summed E-state index contributed by atoms with van der Waals surface area (Å²) < 4.78 is 49.7. The molecule has 0 saturated heterocycles. The average Bonchev–Trinajstić information content (AvgIpc) is 3.08. The SMILES string of the molecule is O=C(Cn1c2c(c(=O)n1-c1ccccc1)Cc1cc(Br)ccc1O2)Nc1ccccc1C(F)(F)F. The van der Waals surface area contributed by atoms with Gasteiger partial charge in [0.1, 0.15) is 12.3 Å². The smallest absolute Gasteiger partial charge is 0.418 e. The third kappa shape index (κ3) is 4.37. The maximum Gasteiger partial charge on any atom is 0.418 e. The summed E-state index contributed by atoms with van der Waals surface area (Å²) in [6.45, 7) is -0.447. The molecule has 0 fully saturated rings. The second-order valence-corrected chi connectivity index (χ2v) is 8.83. The molecule has 3 aromatic carbocycles. The third-order valence-electron chi connectivity index (χ3n) is 5.58. The van der Waals surface area contributed by atoms with Crippen LogP contribution in [0.5, 0.6) is 11.6 Å². The monoisotopic (exact) mass is 543 g/mol. The molecule has 10 heteroatoms. The zero-order valence-corrected chi connectivity index (χ0v) is 19.6. The summed E-state index contributed by atoms with van der Waals surface area (Å²) in [5.41, 5.74) is -0.0628. The minimum atomic E-state index is -4.64. The predicted octanol–water partition coefficient (Wildman–Crippen LogP) is 5.76. The van der Waals surface area contributed by atoms with Gasteiger partial charge in [0.2, 0.25) is 11.8 Å². The van der Waals surface area contributed by atoms with Crippen molar-refractivity contribution < 1.29 is 22.7 Å². The maximum atomic E-state index is 13.4. The van der Waals surface area contributed by atoms with Crippen molar-refractivity contribution >= 4 is 27.5 Å². The Morgan fingerprint density at radius 1 is 1.03 bits per heavy atom. The first-order valence-electron chi connectivity index (χ1n) is 10.5. The molecule has 35 heavy (non-hydrogen) atoms. The highest BCUT2D eigenvalue weighted by molar-refractivity contribution is 9.10. The predicted molar refractivity (Wildman–Crippen MR) is 127 cm³/mol. The van der Waals surface area contributed by atoms with Gasteiger partial charge >= 0.3 is 6.18 Å². The number of aromatic nitrogens is 2. The maximum absolute atomic E-state index is 13.4. The minimum Gasteiger partial charge on any atom is -0.439 e. The lowest BCUT2D eigenvalue weighted by Gasteiger charge is -2.20. The second kappa shape index (κ2) is 8.77. The first kappa shape index (κ1) is 23.0. The number of benzene rings is 3. The molecule has 4 aromatic rings. The van der Waals surface area contributed by atoms with Gasteiger partial charge in [0, 0.05) is 16.5 Å². The Balaban J connectivity index is 1.56. The lowest BCUT2D eigenvalue weighted by atomic mass is 10.0. The molecule has 6 nitrogen and oxygen atoms in total.